The van der Waals surface area contributed by atoms with Crippen LogP contribution in [-0.4, -0.2) is 0 Å². The fourth-order valence-corrected chi connectivity index (χ4v) is 6.50. The Kier molecular flexibility index (Phi) is 13.7. The third-order valence-electron chi connectivity index (χ3n) is 9.28. The van der Waals surface area contributed by atoms with Crippen molar-refractivity contribution in [3.63, 3.8) is 0 Å². The minimum atomic E-state index is 0.363. The topological polar surface area (TPSA) is 0 Å². The van der Waals surface area contributed by atoms with Gasteiger partial charge in [-0.05, 0) is 89.4 Å². The molecule has 0 bridgehead atoms. The number of hydrogen-bond acceptors (Lipinski definition) is 0. The van der Waals surface area contributed by atoms with Crippen molar-refractivity contribution in [2.75, 3.05) is 0 Å². The van der Waals surface area contributed by atoms with Crippen molar-refractivity contribution in [2.45, 2.75) is 114 Å². The van der Waals surface area contributed by atoms with Crippen molar-refractivity contribution in [3.8, 4) is 0 Å². The molecule has 2 aliphatic rings. The number of rotatable bonds is 11. The van der Waals surface area contributed by atoms with E-state index < -0.39 is 0 Å². The van der Waals surface area contributed by atoms with E-state index >= 15 is 0 Å². The fourth-order valence-electron chi connectivity index (χ4n) is 6.50. The van der Waals surface area contributed by atoms with E-state index in [2.05, 4.69) is 148 Å². The maximum atomic E-state index is 2.47. The Morgan fingerprint density at radius 1 is 0.800 bits per heavy atom. The molecule has 40 heavy (non-hydrogen) atoms. The zero-order valence-corrected chi connectivity index (χ0v) is 27.7. The first kappa shape index (κ1) is 33.9. The monoisotopic (exact) mass is 540 g/mol. The van der Waals surface area contributed by atoms with Crippen LogP contribution in [0.25, 0.3) is 0 Å². The third-order valence-corrected chi connectivity index (χ3v) is 9.28. The van der Waals surface area contributed by atoms with Gasteiger partial charge in [-0.25, -0.2) is 0 Å². The summed E-state index contributed by atoms with van der Waals surface area (Å²) in [6, 6.07) is 0. The number of allylic oxidation sites excluding steroid dienone is 18. The van der Waals surface area contributed by atoms with Gasteiger partial charge in [-0.1, -0.05) is 154 Å². The molecule has 3 atom stereocenters. The second-order valence-electron chi connectivity index (χ2n) is 14.1. The molecule has 0 spiro atoms. The summed E-state index contributed by atoms with van der Waals surface area (Å²) in [5.74, 6) is 2.01. The second-order valence-corrected chi connectivity index (χ2v) is 14.1. The van der Waals surface area contributed by atoms with Crippen LogP contribution >= 0.6 is 0 Å². The molecule has 0 aliphatic heterocycles. The molecular formula is C40H60. The predicted octanol–water partition coefficient (Wildman–Crippen LogP) is 12.6. The summed E-state index contributed by atoms with van der Waals surface area (Å²) in [7, 11) is 0. The number of hydrogen-bond donors (Lipinski definition) is 0. The summed E-state index contributed by atoms with van der Waals surface area (Å²) in [5.41, 5.74) is 7.66. The molecule has 0 unspecified atom stereocenters. The lowest BCUT2D eigenvalue weighted by molar-refractivity contribution is 0.123. The summed E-state index contributed by atoms with van der Waals surface area (Å²) in [4.78, 5) is 0. The molecule has 0 heterocycles. The van der Waals surface area contributed by atoms with Crippen LogP contribution < -0.4 is 0 Å². The Morgan fingerprint density at radius 3 is 2.15 bits per heavy atom. The molecule has 0 aromatic rings. The van der Waals surface area contributed by atoms with Gasteiger partial charge in [0.25, 0.3) is 0 Å². The SMILES string of the molecule is CC1=CCCC(C)(C)[C@H]1/C=C/C(C)=C/CC/C(C)=C/C=C/C=C(C)/C=C/C=C(C)/C=C/[C@H]1[C@H](C)CCCC1(C)C. The maximum Gasteiger partial charge on any atom is 0.00285 e. The van der Waals surface area contributed by atoms with Gasteiger partial charge in [-0.3, -0.25) is 0 Å². The van der Waals surface area contributed by atoms with Crippen molar-refractivity contribution in [2.24, 2.45) is 28.6 Å². The average molecular weight is 541 g/mol. The summed E-state index contributed by atoms with van der Waals surface area (Å²) in [6.07, 6.45) is 38.4. The standard InChI is InChI=1S/C40H60/c1-31(19-13-21-33(3)25-27-37-35(5)23-15-29-39(37,7)8)17-11-12-18-32(2)20-14-22-34(4)26-28-38-36(6)24-16-30-40(38,9)10/h11-13,17-19,21-22,24-28,35,37-38H,14-16,20,23,29-30H2,1-10H3/b12-11+,19-13+,27-25+,28-26+,31-17+,32-18+,33-21+,34-22+/t35-,37+,38+/m1/s1. The second kappa shape index (κ2) is 16.2. The van der Waals surface area contributed by atoms with Crippen LogP contribution in [0, 0.1) is 28.6 Å². The van der Waals surface area contributed by atoms with E-state index in [0.29, 0.717) is 22.7 Å². The summed E-state index contributed by atoms with van der Waals surface area (Å²) in [6.45, 7) is 23.2. The van der Waals surface area contributed by atoms with E-state index in [4.69, 9.17) is 0 Å². The first-order valence-corrected chi connectivity index (χ1v) is 15.9. The molecule has 0 aromatic carbocycles. The summed E-state index contributed by atoms with van der Waals surface area (Å²) in [5, 5.41) is 0. The van der Waals surface area contributed by atoms with E-state index in [1.54, 1.807) is 0 Å². The molecule has 1 fully saturated rings. The molecule has 2 aliphatic carbocycles. The van der Waals surface area contributed by atoms with E-state index in [-0.39, 0.29) is 0 Å². The van der Waals surface area contributed by atoms with Gasteiger partial charge in [0.15, 0.2) is 0 Å². The normalized spacial score (nSPS) is 26.9. The lowest BCUT2D eigenvalue weighted by atomic mass is 9.64. The van der Waals surface area contributed by atoms with Crippen LogP contribution in [0.5, 0.6) is 0 Å². The molecule has 0 amide bonds. The molecular weight excluding hydrogens is 480 g/mol. The van der Waals surface area contributed by atoms with Crippen molar-refractivity contribution < 1.29 is 0 Å². The Morgan fingerprint density at radius 2 is 1.45 bits per heavy atom. The Balaban J connectivity index is 1.80. The molecule has 2 rings (SSSR count). The van der Waals surface area contributed by atoms with Crippen LogP contribution in [0.2, 0.25) is 0 Å². The highest BCUT2D eigenvalue weighted by molar-refractivity contribution is 5.30. The van der Waals surface area contributed by atoms with Crippen LogP contribution in [0.4, 0.5) is 0 Å². The molecule has 1 saturated carbocycles. The van der Waals surface area contributed by atoms with E-state index in [9.17, 15) is 0 Å². The van der Waals surface area contributed by atoms with Crippen LogP contribution in [0.1, 0.15) is 114 Å². The van der Waals surface area contributed by atoms with Gasteiger partial charge >= 0.3 is 0 Å². The highest BCUT2D eigenvalue weighted by atomic mass is 14.4. The molecule has 0 radical (unpaired) electrons. The van der Waals surface area contributed by atoms with Gasteiger partial charge in [0, 0.05) is 5.92 Å². The van der Waals surface area contributed by atoms with Crippen molar-refractivity contribution >= 4 is 0 Å². The van der Waals surface area contributed by atoms with Gasteiger partial charge in [-0.2, -0.15) is 0 Å². The maximum absolute atomic E-state index is 2.47. The van der Waals surface area contributed by atoms with Gasteiger partial charge in [0.1, 0.15) is 0 Å². The van der Waals surface area contributed by atoms with E-state index in [0.717, 1.165) is 18.8 Å². The first-order valence-electron chi connectivity index (χ1n) is 15.9. The van der Waals surface area contributed by atoms with Crippen LogP contribution in [0.15, 0.2) is 107 Å². The minimum absolute atomic E-state index is 0.363. The molecule has 0 heteroatoms. The smallest absolute Gasteiger partial charge is 0.00285 e. The Bertz CT molecular complexity index is 1080. The zero-order valence-electron chi connectivity index (χ0n) is 27.7. The van der Waals surface area contributed by atoms with E-state index in [1.165, 1.54) is 60.0 Å². The van der Waals surface area contributed by atoms with E-state index in [1.807, 2.05) is 0 Å². The van der Waals surface area contributed by atoms with Crippen molar-refractivity contribution in [3.05, 3.63) is 107 Å². The average Bonchev–Trinajstić information content (AvgIpc) is 2.85. The largest absolute Gasteiger partial charge is 0.0850 e. The van der Waals surface area contributed by atoms with Crippen molar-refractivity contribution in [1.29, 1.82) is 0 Å². The molecule has 220 valence electrons. The zero-order chi connectivity index (χ0) is 29.8. The molecule has 0 saturated heterocycles. The molecule has 0 N–H and O–H groups in total. The quantitative estimate of drug-likeness (QED) is 0.180. The fraction of sp³-hybridized carbons (Fsp3) is 0.550. The minimum Gasteiger partial charge on any atom is -0.0850 e. The first-order chi connectivity index (χ1) is 18.8. The van der Waals surface area contributed by atoms with Crippen LogP contribution in [0.3, 0.4) is 0 Å². The van der Waals surface area contributed by atoms with Crippen molar-refractivity contribution in [1.82, 2.24) is 0 Å². The highest BCUT2D eigenvalue weighted by Gasteiger charge is 2.34. The van der Waals surface area contributed by atoms with Gasteiger partial charge in [0.05, 0.1) is 0 Å². The van der Waals surface area contributed by atoms with Gasteiger partial charge in [0.2, 0.25) is 0 Å². The summed E-state index contributed by atoms with van der Waals surface area (Å²) < 4.78 is 0. The van der Waals surface area contributed by atoms with Gasteiger partial charge < -0.3 is 0 Å². The lowest BCUT2D eigenvalue weighted by Gasteiger charge is -2.41. The third kappa shape index (κ3) is 11.6. The lowest BCUT2D eigenvalue weighted by Crippen LogP contribution is -2.32. The Labute approximate surface area is 249 Å². The molecule has 0 nitrogen and oxygen atoms in total. The Hall–Kier alpha value is -2.34. The predicted molar refractivity (Wildman–Crippen MR) is 181 cm³/mol. The highest BCUT2D eigenvalue weighted by Crippen LogP contribution is 2.44. The summed E-state index contributed by atoms with van der Waals surface area (Å²) >= 11 is 0. The molecule has 0 aromatic heterocycles. The van der Waals surface area contributed by atoms with Gasteiger partial charge in [-0.15, -0.1) is 0 Å². The van der Waals surface area contributed by atoms with Crippen LogP contribution in [-0.2, 0) is 0 Å².